The number of benzene rings is 1. The Morgan fingerprint density at radius 2 is 2.08 bits per heavy atom. The fourth-order valence-electron chi connectivity index (χ4n) is 3.93. The molecule has 0 radical (unpaired) electrons. The predicted octanol–water partition coefficient (Wildman–Crippen LogP) is 3.38. The Bertz CT molecular complexity index is 923. The van der Waals surface area contributed by atoms with Crippen LogP contribution in [0.1, 0.15) is 30.1 Å². The molecule has 1 N–H and O–H groups in total. The number of anilines is 1. The van der Waals surface area contributed by atoms with Gasteiger partial charge in [-0.05, 0) is 38.0 Å². The maximum atomic E-state index is 5.58. The first kappa shape index (κ1) is 14.6. The molecule has 0 amide bonds. The molecule has 128 valence electrons. The molecule has 5 rings (SSSR count). The molecule has 2 aliphatic rings. The molecule has 2 aliphatic heterocycles. The molecule has 0 bridgehead atoms. The van der Waals surface area contributed by atoms with E-state index in [2.05, 4.69) is 33.3 Å². The minimum absolute atomic E-state index is 0.283. The van der Waals surface area contributed by atoms with Crippen molar-refractivity contribution in [1.29, 1.82) is 0 Å². The Labute approximate surface area is 145 Å². The van der Waals surface area contributed by atoms with Crippen LogP contribution in [0.15, 0.2) is 30.5 Å². The number of nitrogens with one attached hydrogen (secondary N) is 1. The van der Waals surface area contributed by atoms with Gasteiger partial charge in [0, 0.05) is 53.7 Å². The molecule has 25 heavy (non-hydrogen) atoms. The molecule has 1 aromatic carbocycles. The van der Waals surface area contributed by atoms with E-state index >= 15 is 0 Å². The van der Waals surface area contributed by atoms with Crippen molar-refractivity contribution in [2.75, 3.05) is 24.8 Å². The van der Waals surface area contributed by atoms with Crippen molar-refractivity contribution in [3.63, 3.8) is 0 Å². The van der Waals surface area contributed by atoms with Gasteiger partial charge >= 0.3 is 0 Å². The van der Waals surface area contributed by atoms with E-state index in [4.69, 9.17) is 14.5 Å². The monoisotopic (exact) mass is 336 g/mol. The highest BCUT2D eigenvalue weighted by Crippen LogP contribution is 2.40. The first-order valence-corrected chi connectivity index (χ1v) is 8.73. The van der Waals surface area contributed by atoms with E-state index in [-0.39, 0.29) is 6.79 Å². The lowest BCUT2D eigenvalue weighted by molar-refractivity contribution is 0.174. The van der Waals surface area contributed by atoms with Gasteiger partial charge in [0.05, 0.1) is 5.52 Å². The second-order valence-corrected chi connectivity index (χ2v) is 6.80. The largest absolute Gasteiger partial charge is 0.454 e. The summed E-state index contributed by atoms with van der Waals surface area (Å²) in [6.45, 7) is 4.36. The zero-order valence-electron chi connectivity index (χ0n) is 14.2. The number of H-pyrrole nitrogens is 1. The molecule has 1 atom stereocenters. The first-order chi connectivity index (χ1) is 12.3. The van der Waals surface area contributed by atoms with Gasteiger partial charge in [-0.15, -0.1) is 0 Å². The predicted molar refractivity (Wildman–Crippen MR) is 95.4 cm³/mol. The minimum atomic E-state index is 0.283. The van der Waals surface area contributed by atoms with Gasteiger partial charge in [0.25, 0.3) is 0 Å². The molecule has 4 heterocycles. The molecule has 1 saturated heterocycles. The summed E-state index contributed by atoms with van der Waals surface area (Å²) in [7, 11) is 0. The summed E-state index contributed by atoms with van der Waals surface area (Å²) in [5.41, 5.74) is 4.43. The Balaban J connectivity index is 1.57. The maximum absolute atomic E-state index is 5.58. The van der Waals surface area contributed by atoms with E-state index in [9.17, 15) is 0 Å². The zero-order valence-corrected chi connectivity index (χ0v) is 14.2. The number of piperidine rings is 1. The zero-order chi connectivity index (χ0) is 16.8. The van der Waals surface area contributed by atoms with Crippen LogP contribution in [0, 0.1) is 6.92 Å². The van der Waals surface area contributed by atoms with Gasteiger partial charge < -0.3 is 14.4 Å². The third kappa shape index (κ3) is 2.49. The fourth-order valence-corrected chi connectivity index (χ4v) is 3.93. The molecule has 6 heteroatoms. The Morgan fingerprint density at radius 3 is 2.92 bits per heavy atom. The normalized spacial score (nSPS) is 19.6. The lowest BCUT2D eigenvalue weighted by atomic mass is 9.94. The SMILES string of the molecule is Cc1cc(N2CCC[C@H](c3ccn[nH]3)C2)c2cc3c(cc2n1)OCO3. The van der Waals surface area contributed by atoms with Crippen molar-refractivity contribution in [2.45, 2.75) is 25.7 Å². The standard InChI is InChI=1S/C19H20N4O2/c1-12-7-17(14-8-18-19(25-11-24-18)9-16(14)21-12)23-6-2-3-13(10-23)15-4-5-20-22-15/h4-5,7-9,13H,2-3,6,10-11H2,1H3,(H,20,22)/t13-/m0/s1. The van der Waals surface area contributed by atoms with E-state index in [1.54, 1.807) is 0 Å². The number of aryl methyl sites for hydroxylation is 1. The van der Waals surface area contributed by atoms with Crippen LogP contribution in [-0.4, -0.2) is 35.1 Å². The van der Waals surface area contributed by atoms with Crippen LogP contribution in [-0.2, 0) is 0 Å². The molecule has 6 nitrogen and oxygen atoms in total. The van der Waals surface area contributed by atoms with Gasteiger partial charge in [0.15, 0.2) is 11.5 Å². The van der Waals surface area contributed by atoms with E-state index in [1.165, 1.54) is 17.8 Å². The van der Waals surface area contributed by atoms with E-state index in [1.807, 2.05) is 19.2 Å². The number of hydrogen-bond donors (Lipinski definition) is 1. The number of fused-ring (bicyclic) bond motifs is 2. The van der Waals surface area contributed by atoms with Crippen LogP contribution in [0.5, 0.6) is 11.5 Å². The molecule has 0 aliphatic carbocycles. The average Bonchev–Trinajstić information content (AvgIpc) is 3.31. The van der Waals surface area contributed by atoms with Crippen LogP contribution >= 0.6 is 0 Å². The summed E-state index contributed by atoms with van der Waals surface area (Å²) in [6, 6.07) is 8.33. The number of aromatic amines is 1. The number of hydrogen-bond acceptors (Lipinski definition) is 5. The van der Waals surface area contributed by atoms with Crippen molar-refractivity contribution in [2.24, 2.45) is 0 Å². The molecular weight excluding hydrogens is 316 g/mol. The third-order valence-electron chi connectivity index (χ3n) is 5.13. The fraction of sp³-hybridized carbons (Fsp3) is 0.368. The molecule has 2 aromatic heterocycles. The van der Waals surface area contributed by atoms with Crippen LogP contribution in [0.2, 0.25) is 0 Å². The van der Waals surface area contributed by atoms with Gasteiger partial charge in [0.2, 0.25) is 6.79 Å². The Hall–Kier alpha value is -2.76. The summed E-state index contributed by atoms with van der Waals surface area (Å²) < 4.78 is 11.1. The Kier molecular flexibility index (Phi) is 3.29. The smallest absolute Gasteiger partial charge is 0.231 e. The highest BCUT2D eigenvalue weighted by atomic mass is 16.7. The van der Waals surface area contributed by atoms with E-state index in [0.29, 0.717) is 5.92 Å². The number of aromatic nitrogens is 3. The number of nitrogens with zero attached hydrogens (tertiary/aromatic N) is 3. The molecule has 0 spiro atoms. The van der Waals surface area contributed by atoms with Crippen LogP contribution < -0.4 is 14.4 Å². The van der Waals surface area contributed by atoms with Crippen molar-refractivity contribution < 1.29 is 9.47 Å². The van der Waals surface area contributed by atoms with Gasteiger partial charge in [-0.1, -0.05) is 0 Å². The third-order valence-corrected chi connectivity index (χ3v) is 5.13. The van der Waals surface area contributed by atoms with Crippen LogP contribution in [0.3, 0.4) is 0 Å². The summed E-state index contributed by atoms with van der Waals surface area (Å²) in [5.74, 6) is 2.07. The summed E-state index contributed by atoms with van der Waals surface area (Å²) >= 11 is 0. The number of rotatable bonds is 2. The molecule has 1 fully saturated rings. The number of pyridine rings is 1. The van der Waals surface area contributed by atoms with Gasteiger partial charge in [0.1, 0.15) is 0 Å². The Morgan fingerprint density at radius 1 is 1.20 bits per heavy atom. The summed E-state index contributed by atoms with van der Waals surface area (Å²) in [4.78, 5) is 7.17. The highest BCUT2D eigenvalue weighted by Gasteiger charge is 2.25. The molecule has 3 aromatic rings. The van der Waals surface area contributed by atoms with Crippen LogP contribution in [0.4, 0.5) is 5.69 Å². The maximum Gasteiger partial charge on any atom is 0.231 e. The quantitative estimate of drug-likeness (QED) is 0.777. The second-order valence-electron chi connectivity index (χ2n) is 6.80. The minimum Gasteiger partial charge on any atom is -0.454 e. The lowest BCUT2D eigenvalue weighted by Gasteiger charge is -2.34. The first-order valence-electron chi connectivity index (χ1n) is 8.73. The van der Waals surface area contributed by atoms with Crippen molar-refractivity contribution in [3.05, 3.63) is 41.9 Å². The van der Waals surface area contributed by atoms with Crippen molar-refractivity contribution in [1.82, 2.24) is 15.2 Å². The average molecular weight is 336 g/mol. The topological polar surface area (TPSA) is 63.3 Å². The summed E-state index contributed by atoms with van der Waals surface area (Å²) in [5, 5.41) is 8.38. The van der Waals surface area contributed by atoms with Gasteiger partial charge in [-0.25, -0.2) is 0 Å². The van der Waals surface area contributed by atoms with E-state index in [0.717, 1.165) is 47.6 Å². The van der Waals surface area contributed by atoms with Gasteiger partial charge in [-0.3, -0.25) is 10.1 Å². The van der Waals surface area contributed by atoms with Gasteiger partial charge in [-0.2, -0.15) is 5.10 Å². The summed E-state index contributed by atoms with van der Waals surface area (Å²) in [6.07, 6.45) is 4.19. The highest BCUT2D eigenvalue weighted by molar-refractivity contribution is 5.94. The van der Waals surface area contributed by atoms with Crippen LogP contribution in [0.25, 0.3) is 10.9 Å². The number of ether oxygens (including phenoxy) is 2. The lowest BCUT2D eigenvalue weighted by Crippen LogP contribution is -2.34. The molecular formula is C19H20N4O2. The van der Waals surface area contributed by atoms with Crippen molar-refractivity contribution >= 4 is 16.6 Å². The molecule has 0 saturated carbocycles. The second kappa shape index (κ2) is 5.65. The van der Waals surface area contributed by atoms with Crippen molar-refractivity contribution in [3.8, 4) is 11.5 Å². The van der Waals surface area contributed by atoms with E-state index < -0.39 is 0 Å². The molecule has 0 unspecified atom stereocenters.